The second kappa shape index (κ2) is 4.62. The molecule has 0 aliphatic carbocycles. The molecule has 104 valence electrons. The molecule has 2 aromatic rings. The van der Waals surface area contributed by atoms with E-state index >= 15 is 0 Å². The van der Waals surface area contributed by atoms with Gasteiger partial charge in [0.1, 0.15) is 5.69 Å². The highest BCUT2D eigenvalue weighted by molar-refractivity contribution is 5.71. The van der Waals surface area contributed by atoms with Crippen molar-refractivity contribution in [3.63, 3.8) is 0 Å². The van der Waals surface area contributed by atoms with Crippen molar-refractivity contribution in [2.45, 2.75) is 6.18 Å². The first-order valence-corrected chi connectivity index (χ1v) is 5.91. The highest BCUT2D eigenvalue weighted by Crippen LogP contribution is 2.32. The van der Waals surface area contributed by atoms with Crippen LogP contribution in [0.3, 0.4) is 0 Å². The van der Waals surface area contributed by atoms with Gasteiger partial charge >= 0.3 is 6.18 Å². The molecule has 3 rings (SSSR count). The van der Waals surface area contributed by atoms with Crippen LogP contribution >= 0.6 is 0 Å². The van der Waals surface area contributed by atoms with Crippen molar-refractivity contribution in [3.8, 4) is 0 Å². The van der Waals surface area contributed by atoms with Gasteiger partial charge in [-0.2, -0.15) is 13.2 Å². The van der Waals surface area contributed by atoms with Crippen LogP contribution in [-0.4, -0.2) is 28.0 Å². The molecule has 0 spiro atoms. The number of aromatic nitrogens is 3. The molecule has 8 heteroatoms. The zero-order chi connectivity index (χ0) is 14.2. The van der Waals surface area contributed by atoms with Crippen LogP contribution in [0.25, 0.3) is 0 Å². The molecule has 0 aromatic carbocycles. The van der Waals surface area contributed by atoms with Gasteiger partial charge in [0.2, 0.25) is 0 Å². The van der Waals surface area contributed by atoms with Crippen molar-refractivity contribution < 1.29 is 13.2 Å². The SMILES string of the molecule is FC(F)(F)c1ccc(N2CCNc3nccnc32)cn1. The van der Waals surface area contributed by atoms with Crippen LogP contribution in [0.4, 0.5) is 30.5 Å². The maximum Gasteiger partial charge on any atom is 0.433 e. The lowest BCUT2D eigenvalue weighted by atomic mass is 10.2. The first-order chi connectivity index (χ1) is 9.55. The summed E-state index contributed by atoms with van der Waals surface area (Å²) in [6.45, 7) is 1.21. The number of nitrogens with one attached hydrogen (secondary N) is 1. The second-order valence-corrected chi connectivity index (χ2v) is 4.21. The number of alkyl halides is 3. The smallest absolute Gasteiger partial charge is 0.365 e. The average molecular weight is 281 g/mol. The van der Waals surface area contributed by atoms with Gasteiger partial charge in [0.05, 0.1) is 11.9 Å². The lowest BCUT2D eigenvalue weighted by Crippen LogP contribution is -2.31. The Morgan fingerprint density at radius 2 is 1.90 bits per heavy atom. The van der Waals surface area contributed by atoms with E-state index in [1.165, 1.54) is 18.5 Å². The highest BCUT2D eigenvalue weighted by atomic mass is 19.4. The predicted octanol–water partition coefficient (Wildman–Crippen LogP) is 2.45. The van der Waals surface area contributed by atoms with Gasteiger partial charge in [-0.3, -0.25) is 0 Å². The highest BCUT2D eigenvalue weighted by Gasteiger charge is 2.32. The Labute approximate surface area is 112 Å². The molecular weight excluding hydrogens is 271 g/mol. The molecule has 0 radical (unpaired) electrons. The molecule has 0 unspecified atom stereocenters. The zero-order valence-electron chi connectivity index (χ0n) is 10.2. The number of hydrogen-bond acceptors (Lipinski definition) is 5. The Bertz CT molecular complexity index is 611. The van der Waals surface area contributed by atoms with E-state index in [1.54, 1.807) is 11.1 Å². The van der Waals surface area contributed by atoms with Gasteiger partial charge in [0.15, 0.2) is 11.6 Å². The molecule has 0 saturated heterocycles. The lowest BCUT2D eigenvalue weighted by molar-refractivity contribution is -0.141. The van der Waals surface area contributed by atoms with Gasteiger partial charge in [-0.15, -0.1) is 0 Å². The first kappa shape index (κ1) is 12.6. The van der Waals surface area contributed by atoms with Crippen LogP contribution < -0.4 is 10.2 Å². The molecule has 1 aliphatic rings. The molecule has 0 saturated carbocycles. The van der Waals surface area contributed by atoms with E-state index in [-0.39, 0.29) is 0 Å². The summed E-state index contributed by atoms with van der Waals surface area (Å²) in [6, 6.07) is 2.35. The van der Waals surface area contributed by atoms with E-state index in [9.17, 15) is 13.2 Å². The third-order valence-electron chi connectivity index (χ3n) is 2.91. The van der Waals surface area contributed by atoms with Crippen LogP contribution in [0.5, 0.6) is 0 Å². The molecule has 0 fully saturated rings. The summed E-state index contributed by atoms with van der Waals surface area (Å²) >= 11 is 0. The van der Waals surface area contributed by atoms with E-state index in [0.29, 0.717) is 30.4 Å². The molecule has 0 atom stereocenters. The third kappa shape index (κ3) is 2.24. The Morgan fingerprint density at radius 1 is 1.10 bits per heavy atom. The predicted molar refractivity (Wildman–Crippen MR) is 66.8 cm³/mol. The summed E-state index contributed by atoms with van der Waals surface area (Å²) in [4.78, 5) is 13.6. The fourth-order valence-corrected chi connectivity index (χ4v) is 2.01. The van der Waals surface area contributed by atoms with Crippen molar-refractivity contribution in [1.29, 1.82) is 0 Å². The second-order valence-electron chi connectivity index (χ2n) is 4.21. The number of pyridine rings is 1. The van der Waals surface area contributed by atoms with Crippen molar-refractivity contribution in [3.05, 3.63) is 36.4 Å². The summed E-state index contributed by atoms with van der Waals surface area (Å²) in [5.41, 5.74) is -0.350. The third-order valence-corrected chi connectivity index (χ3v) is 2.91. The number of halogens is 3. The standard InChI is InChI=1S/C12H10F3N5/c13-12(14,15)9-2-1-8(7-19-9)20-6-5-17-10-11(20)18-4-3-16-10/h1-4,7H,5-6H2,(H,16,17). The van der Waals surface area contributed by atoms with Crippen LogP contribution in [-0.2, 0) is 6.18 Å². The Balaban J connectivity index is 1.95. The summed E-state index contributed by atoms with van der Waals surface area (Å²) in [5, 5.41) is 3.08. The van der Waals surface area contributed by atoms with Crippen LogP contribution in [0, 0.1) is 0 Å². The van der Waals surface area contributed by atoms with Crippen LogP contribution in [0.1, 0.15) is 5.69 Å². The number of fused-ring (bicyclic) bond motifs is 1. The molecule has 20 heavy (non-hydrogen) atoms. The quantitative estimate of drug-likeness (QED) is 0.870. The molecule has 3 heterocycles. The fourth-order valence-electron chi connectivity index (χ4n) is 2.01. The molecule has 0 amide bonds. The van der Waals surface area contributed by atoms with E-state index in [2.05, 4.69) is 20.3 Å². The molecule has 1 N–H and O–H groups in total. The van der Waals surface area contributed by atoms with Gasteiger partial charge in [-0.1, -0.05) is 0 Å². The Morgan fingerprint density at radius 3 is 2.60 bits per heavy atom. The van der Waals surface area contributed by atoms with E-state index in [4.69, 9.17) is 0 Å². The normalized spacial score (nSPS) is 14.7. The first-order valence-electron chi connectivity index (χ1n) is 5.91. The topological polar surface area (TPSA) is 53.9 Å². The van der Waals surface area contributed by atoms with Crippen molar-refractivity contribution in [1.82, 2.24) is 15.0 Å². The van der Waals surface area contributed by atoms with Gasteiger partial charge in [0, 0.05) is 25.5 Å². The summed E-state index contributed by atoms with van der Waals surface area (Å²) < 4.78 is 37.5. The fraction of sp³-hybridized carbons (Fsp3) is 0.250. The van der Waals surface area contributed by atoms with E-state index < -0.39 is 11.9 Å². The molecule has 0 bridgehead atoms. The van der Waals surface area contributed by atoms with Crippen molar-refractivity contribution >= 4 is 17.3 Å². The van der Waals surface area contributed by atoms with Crippen molar-refractivity contribution in [2.24, 2.45) is 0 Å². The van der Waals surface area contributed by atoms with Gasteiger partial charge in [-0.05, 0) is 12.1 Å². The van der Waals surface area contributed by atoms with Gasteiger partial charge in [0.25, 0.3) is 0 Å². The minimum absolute atomic E-state index is 0.557. The number of hydrogen-bond donors (Lipinski definition) is 1. The molecule has 1 aliphatic heterocycles. The Kier molecular flexibility index (Phi) is 2.92. The van der Waals surface area contributed by atoms with E-state index in [1.807, 2.05) is 0 Å². The summed E-state index contributed by atoms with van der Waals surface area (Å²) in [6.07, 6.45) is -0.136. The maximum absolute atomic E-state index is 12.5. The molecule has 2 aromatic heterocycles. The summed E-state index contributed by atoms with van der Waals surface area (Å²) in [7, 11) is 0. The van der Waals surface area contributed by atoms with Gasteiger partial charge < -0.3 is 10.2 Å². The van der Waals surface area contributed by atoms with Crippen molar-refractivity contribution in [2.75, 3.05) is 23.3 Å². The number of nitrogens with zero attached hydrogens (tertiary/aromatic N) is 4. The number of anilines is 3. The minimum atomic E-state index is -4.43. The number of rotatable bonds is 1. The average Bonchev–Trinajstić information content (AvgIpc) is 2.46. The minimum Gasteiger partial charge on any atom is -0.365 e. The maximum atomic E-state index is 12.5. The van der Waals surface area contributed by atoms with Gasteiger partial charge in [-0.25, -0.2) is 15.0 Å². The van der Waals surface area contributed by atoms with E-state index in [0.717, 1.165) is 6.07 Å². The Hall–Kier alpha value is -2.38. The van der Waals surface area contributed by atoms with Crippen LogP contribution in [0.15, 0.2) is 30.7 Å². The summed E-state index contributed by atoms with van der Waals surface area (Å²) in [5.74, 6) is 1.19. The molecule has 5 nitrogen and oxygen atoms in total. The lowest BCUT2D eigenvalue weighted by Gasteiger charge is -2.29. The monoisotopic (exact) mass is 281 g/mol. The molecular formula is C12H10F3N5. The van der Waals surface area contributed by atoms with Crippen LogP contribution in [0.2, 0.25) is 0 Å². The zero-order valence-corrected chi connectivity index (χ0v) is 10.2. The largest absolute Gasteiger partial charge is 0.433 e.